The third-order valence-electron chi connectivity index (χ3n) is 4.89. The molecular formula is C23H20Cl2N4O3. The highest BCUT2D eigenvalue weighted by molar-refractivity contribution is 6.35. The molecule has 0 aliphatic carbocycles. The molecule has 4 rings (SSSR count). The van der Waals surface area contributed by atoms with Gasteiger partial charge in [0.15, 0.2) is 5.76 Å². The lowest BCUT2D eigenvalue weighted by Gasteiger charge is -2.07. The minimum atomic E-state index is -0.462. The Balaban J connectivity index is 1.35. The van der Waals surface area contributed by atoms with E-state index >= 15 is 0 Å². The molecule has 1 amide bonds. The molecular weight excluding hydrogens is 451 g/mol. The van der Waals surface area contributed by atoms with E-state index in [1.165, 1.54) is 16.6 Å². The largest absolute Gasteiger partial charge is 0.486 e. The normalized spacial score (nSPS) is 10.9. The Morgan fingerprint density at radius 3 is 2.62 bits per heavy atom. The number of hydrogen-bond acceptors (Lipinski definition) is 5. The van der Waals surface area contributed by atoms with E-state index in [9.17, 15) is 4.79 Å². The number of hydrogen-bond donors (Lipinski definition) is 1. The maximum atomic E-state index is 12.5. The second-order valence-corrected chi connectivity index (χ2v) is 8.04. The second kappa shape index (κ2) is 9.46. The maximum absolute atomic E-state index is 12.5. The van der Waals surface area contributed by atoms with Crippen LogP contribution in [0.5, 0.6) is 5.75 Å². The highest BCUT2D eigenvalue weighted by Gasteiger charge is 2.15. The molecule has 0 saturated carbocycles. The number of ether oxygens (including phenoxy) is 1. The van der Waals surface area contributed by atoms with Gasteiger partial charge in [-0.1, -0.05) is 35.3 Å². The van der Waals surface area contributed by atoms with Crippen molar-refractivity contribution in [1.29, 1.82) is 0 Å². The van der Waals surface area contributed by atoms with Gasteiger partial charge in [-0.15, -0.1) is 5.10 Å². The van der Waals surface area contributed by atoms with Crippen LogP contribution in [-0.4, -0.2) is 20.7 Å². The van der Waals surface area contributed by atoms with Crippen LogP contribution in [0, 0.1) is 13.8 Å². The molecule has 0 spiro atoms. The van der Waals surface area contributed by atoms with Gasteiger partial charge in [-0.05, 0) is 61.4 Å². The van der Waals surface area contributed by atoms with Gasteiger partial charge in [0.25, 0.3) is 5.91 Å². The molecule has 0 atom stereocenters. The topological polar surface area (TPSA) is 82.2 Å². The Labute approximate surface area is 194 Å². The monoisotopic (exact) mass is 470 g/mol. The number of aromatic nitrogens is 3. The lowest BCUT2D eigenvalue weighted by Crippen LogP contribution is -2.12. The van der Waals surface area contributed by atoms with Gasteiger partial charge in [0.2, 0.25) is 5.95 Å². The van der Waals surface area contributed by atoms with E-state index in [1.54, 1.807) is 30.3 Å². The first-order valence-corrected chi connectivity index (χ1v) is 10.6. The Morgan fingerprint density at radius 2 is 1.88 bits per heavy atom. The fraction of sp³-hybridized carbons (Fsp3) is 0.174. The molecule has 2 heterocycles. The first-order valence-electron chi connectivity index (χ1n) is 9.81. The van der Waals surface area contributed by atoms with Crippen molar-refractivity contribution < 1.29 is 13.9 Å². The summed E-state index contributed by atoms with van der Waals surface area (Å²) in [6, 6.07) is 14.4. The molecule has 0 fully saturated rings. The van der Waals surface area contributed by atoms with Crippen molar-refractivity contribution in [2.45, 2.75) is 27.0 Å². The minimum absolute atomic E-state index is 0.134. The molecule has 164 valence electrons. The van der Waals surface area contributed by atoms with Crippen molar-refractivity contribution in [2.75, 3.05) is 5.32 Å². The second-order valence-electron chi connectivity index (χ2n) is 7.22. The Morgan fingerprint density at radius 1 is 1.09 bits per heavy atom. The number of nitrogens with one attached hydrogen (secondary N) is 1. The standard InChI is InChI=1S/C23H20Cl2N4O3/c1-14-6-7-16(10-15(14)2)31-12-17-8-9-21(32-17)22(30)27-23-26-13-29(28-23)11-18-19(24)4-3-5-20(18)25/h3-10,13H,11-12H2,1-2H3,(H,27,28,30). The predicted molar refractivity (Wildman–Crippen MR) is 122 cm³/mol. The number of benzene rings is 2. The molecule has 0 bridgehead atoms. The fourth-order valence-electron chi connectivity index (χ4n) is 2.97. The summed E-state index contributed by atoms with van der Waals surface area (Å²) in [6.07, 6.45) is 1.49. The molecule has 0 saturated heterocycles. The van der Waals surface area contributed by atoms with Gasteiger partial charge in [0, 0.05) is 15.6 Å². The van der Waals surface area contributed by atoms with Crippen LogP contribution in [-0.2, 0) is 13.2 Å². The van der Waals surface area contributed by atoms with E-state index in [0.717, 1.165) is 16.9 Å². The average molecular weight is 471 g/mol. The SMILES string of the molecule is Cc1ccc(OCc2ccc(C(=O)Nc3ncn(Cc4c(Cl)cccc4Cl)n3)o2)cc1C. The molecule has 9 heteroatoms. The highest BCUT2D eigenvalue weighted by Crippen LogP contribution is 2.25. The van der Waals surface area contributed by atoms with Crippen molar-refractivity contribution in [3.8, 4) is 5.75 Å². The summed E-state index contributed by atoms with van der Waals surface area (Å²) in [5.41, 5.74) is 3.06. The Bertz CT molecular complexity index is 1250. The van der Waals surface area contributed by atoms with Crippen LogP contribution in [0.3, 0.4) is 0 Å². The number of halogens is 2. The van der Waals surface area contributed by atoms with E-state index in [4.69, 9.17) is 32.4 Å². The van der Waals surface area contributed by atoms with Crippen LogP contribution in [0.1, 0.15) is 33.0 Å². The predicted octanol–water partition coefficient (Wildman–Crippen LogP) is 5.67. The van der Waals surface area contributed by atoms with Crippen LogP contribution < -0.4 is 10.1 Å². The summed E-state index contributed by atoms with van der Waals surface area (Å²) in [5.74, 6) is 1.08. The van der Waals surface area contributed by atoms with E-state index in [-0.39, 0.29) is 18.3 Å². The third-order valence-corrected chi connectivity index (χ3v) is 5.60. The zero-order valence-electron chi connectivity index (χ0n) is 17.4. The number of carbonyl (C=O) groups excluding carboxylic acids is 1. The number of furan rings is 1. The van der Waals surface area contributed by atoms with Crippen LogP contribution in [0.2, 0.25) is 10.0 Å². The van der Waals surface area contributed by atoms with Crippen LogP contribution in [0.25, 0.3) is 0 Å². The first-order chi connectivity index (χ1) is 15.4. The summed E-state index contributed by atoms with van der Waals surface area (Å²) in [4.78, 5) is 16.6. The summed E-state index contributed by atoms with van der Waals surface area (Å²) < 4.78 is 12.9. The van der Waals surface area contributed by atoms with Crippen LogP contribution >= 0.6 is 23.2 Å². The van der Waals surface area contributed by atoms with E-state index in [2.05, 4.69) is 15.4 Å². The summed E-state index contributed by atoms with van der Waals surface area (Å²) in [7, 11) is 0. The zero-order chi connectivity index (χ0) is 22.7. The zero-order valence-corrected chi connectivity index (χ0v) is 18.9. The van der Waals surface area contributed by atoms with Crippen molar-refractivity contribution >= 4 is 35.1 Å². The third kappa shape index (κ3) is 5.12. The molecule has 32 heavy (non-hydrogen) atoms. The number of carbonyl (C=O) groups is 1. The van der Waals surface area contributed by atoms with Crippen molar-refractivity contribution in [3.05, 3.63) is 93.1 Å². The minimum Gasteiger partial charge on any atom is -0.486 e. The summed E-state index contributed by atoms with van der Waals surface area (Å²) in [6.45, 7) is 4.60. The number of amides is 1. The van der Waals surface area contributed by atoms with Gasteiger partial charge in [-0.3, -0.25) is 10.1 Å². The molecule has 2 aromatic heterocycles. The van der Waals surface area contributed by atoms with Gasteiger partial charge >= 0.3 is 0 Å². The quantitative estimate of drug-likeness (QED) is 0.375. The van der Waals surface area contributed by atoms with Gasteiger partial charge in [0.05, 0.1) is 6.54 Å². The summed E-state index contributed by atoms with van der Waals surface area (Å²) in [5, 5.41) is 7.92. The number of anilines is 1. The van der Waals surface area contributed by atoms with Crippen molar-refractivity contribution in [1.82, 2.24) is 14.8 Å². The molecule has 4 aromatic rings. The van der Waals surface area contributed by atoms with Gasteiger partial charge in [0.1, 0.15) is 24.4 Å². The Hall–Kier alpha value is -3.29. The lowest BCUT2D eigenvalue weighted by molar-refractivity contribution is 0.0991. The van der Waals surface area contributed by atoms with Crippen LogP contribution in [0.15, 0.2) is 59.3 Å². The number of rotatable bonds is 7. The number of nitrogens with zero attached hydrogens (tertiary/aromatic N) is 3. The molecule has 7 nitrogen and oxygen atoms in total. The molecule has 0 aliphatic heterocycles. The highest BCUT2D eigenvalue weighted by atomic mass is 35.5. The lowest BCUT2D eigenvalue weighted by atomic mass is 10.1. The molecule has 2 aromatic carbocycles. The van der Waals surface area contributed by atoms with E-state index in [0.29, 0.717) is 22.4 Å². The average Bonchev–Trinajstić information content (AvgIpc) is 3.41. The first kappa shape index (κ1) is 21.9. The maximum Gasteiger partial charge on any atom is 0.293 e. The van der Waals surface area contributed by atoms with E-state index < -0.39 is 5.91 Å². The van der Waals surface area contributed by atoms with Crippen molar-refractivity contribution in [3.63, 3.8) is 0 Å². The molecule has 0 aliphatic rings. The van der Waals surface area contributed by atoms with Gasteiger partial charge < -0.3 is 9.15 Å². The van der Waals surface area contributed by atoms with Gasteiger partial charge in [-0.2, -0.15) is 0 Å². The summed E-state index contributed by atoms with van der Waals surface area (Å²) >= 11 is 12.4. The number of aryl methyl sites for hydroxylation is 2. The van der Waals surface area contributed by atoms with E-state index in [1.807, 2.05) is 32.0 Å². The smallest absolute Gasteiger partial charge is 0.293 e. The fourth-order valence-corrected chi connectivity index (χ4v) is 3.49. The van der Waals surface area contributed by atoms with Crippen LogP contribution in [0.4, 0.5) is 5.95 Å². The molecule has 0 radical (unpaired) electrons. The Kier molecular flexibility index (Phi) is 6.48. The molecule has 0 unspecified atom stereocenters. The molecule has 1 N–H and O–H groups in total. The van der Waals surface area contributed by atoms with Crippen molar-refractivity contribution in [2.24, 2.45) is 0 Å². The van der Waals surface area contributed by atoms with Gasteiger partial charge in [-0.25, -0.2) is 9.67 Å².